The third-order valence-electron chi connectivity index (χ3n) is 2.74. The van der Waals surface area contributed by atoms with Gasteiger partial charge in [-0.05, 0) is 25.5 Å². The summed E-state index contributed by atoms with van der Waals surface area (Å²) >= 11 is 0. The normalized spacial score (nSPS) is 12.1. The molecule has 6 nitrogen and oxygen atoms in total. The summed E-state index contributed by atoms with van der Waals surface area (Å²) in [7, 11) is 0. The van der Waals surface area contributed by atoms with Crippen LogP contribution in [0.25, 0.3) is 5.69 Å². The van der Waals surface area contributed by atoms with E-state index in [1.54, 1.807) is 18.2 Å². The van der Waals surface area contributed by atoms with Crippen molar-refractivity contribution in [3.8, 4) is 11.4 Å². The first-order valence-corrected chi connectivity index (χ1v) is 6.03. The van der Waals surface area contributed by atoms with Gasteiger partial charge in [-0.15, -0.1) is 5.10 Å². The first-order valence-electron chi connectivity index (χ1n) is 6.03. The Kier molecular flexibility index (Phi) is 3.79. The van der Waals surface area contributed by atoms with Crippen molar-refractivity contribution < 1.29 is 14.6 Å². The lowest BCUT2D eigenvalue weighted by Gasteiger charge is -2.13. The molecule has 0 saturated heterocycles. The molecule has 1 atom stereocenters. The van der Waals surface area contributed by atoms with Crippen LogP contribution in [0.15, 0.2) is 30.5 Å². The van der Waals surface area contributed by atoms with Crippen LogP contribution in [0.3, 0.4) is 0 Å². The fourth-order valence-corrected chi connectivity index (χ4v) is 1.58. The maximum absolute atomic E-state index is 11.0. The fraction of sp³-hybridized carbons (Fsp3) is 0.308. The zero-order chi connectivity index (χ0) is 13.8. The third kappa shape index (κ3) is 2.90. The van der Waals surface area contributed by atoms with Gasteiger partial charge in [0.25, 0.3) is 0 Å². The lowest BCUT2D eigenvalue weighted by Crippen LogP contribution is -2.11. The largest absolute Gasteiger partial charge is 0.491 e. The first-order chi connectivity index (χ1) is 9.11. The number of ether oxygens (including phenoxy) is 1. The summed E-state index contributed by atoms with van der Waals surface area (Å²) in [6.07, 6.45) is 2.21. The molecule has 6 heteroatoms. The van der Waals surface area contributed by atoms with E-state index >= 15 is 0 Å². The molecule has 0 radical (unpaired) electrons. The summed E-state index contributed by atoms with van der Waals surface area (Å²) in [5, 5.41) is 16.4. The fourth-order valence-electron chi connectivity index (χ4n) is 1.58. The SMILES string of the molecule is CCC(C)Oc1cccc(-n2nncc2C(=O)O)c1. The van der Waals surface area contributed by atoms with Gasteiger partial charge in [0.15, 0.2) is 5.69 Å². The van der Waals surface area contributed by atoms with Gasteiger partial charge in [-0.25, -0.2) is 9.48 Å². The molecule has 100 valence electrons. The number of carboxylic acids is 1. The number of aromatic nitrogens is 3. The van der Waals surface area contributed by atoms with Crippen LogP contribution in [-0.2, 0) is 0 Å². The Hall–Kier alpha value is -2.37. The molecule has 2 aromatic rings. The highest BCUT2D eigenvalue weighted by Gasteiger charge is 2.13. The van der Waals surface area contributed by atoms with E-state index in [-0.39, 0.29) is 11.8 Å². The molecular weight excluding hydrogens is 246 g/mol. The second-order valence-electron chi connectivity index (χ2n) is 4.17. The second kappa shape index (κ2) is 5.51. The number of hydrogen-bond donors (Lipinski definition) is 1. The lowest BCUT2D eigenvalue weighted by molar-refractivity contribution is 0.0687. The average molecular weight is 261 g/mol. The minimum atomic E-state index is -1.07. The molecule has 0 saturated carbocycles. The van der Waals surface area contributed by atoms with E-state index in [1.165, 1.54) is 10.9 Å². The summed E-state index contributed by atoms with van der Waals surface area (Å²) in [5.41, 5.74) is 0.622. The zero-order valence-corrected chi connectivity index (χ0v) is 10.8. The van der Waals surface area contributed by atoms with Gasteiger partial charge >= 0.3 is 5.97 Å². The summed E-state index contributed by atoms with van der Waals surface area (Å²) in [4.78, 5) is 11.0. The van der Waals surface area contributed by atoms with Gasteiger partial charge in [-0.3, -0.25) is 0 Å². The molecular formula is C13H15N3O3. The van der Waals surface area contributed by atoms with Crippen molar-refractivity contribution in [1.82, 2.24) is 15.0 Å². The number of rotatable bonds is 5. The number of nitrogens with zero attached hydrogens (tertiary/aromatic N) is 3. The van der Waals surface area contributed by atoms with E-state index in [0.717, 1.165) is 6.42 Å². The van der Waals surface area contributed by atoms with Crippen molar-refractivity contribution in [2.45, 2.75) is 26.4 Å². The van der Waals surface area contributed by atoms with Crippen LogP contribution < -0.4 is 4.74 Å². The van der Waals surface area contributed by atoms with Crippen LogP contribution >= 0.6 is 0 Å². The molecule has 0 aliphatic rings. The molecule has 0 bridgehead atoms. The predicted molar refractivity (Wildman–Crippen MR) is 68.7 cm³/mol. The number of benzene rings is 1. The molecule has 19 heavy (non-hydrogen) atoms. The van der Waals surface area contributed by atoms with E-state index in [4.69, 9.17) is 9.84 Å². The average Bonchev–Trinajstić information content (AvgIpc) is 2.88. The molecule has 0 fully saturated rings. The van der Waals surface area contributed by atoms with Crippen molar-refractivity contribution in [2.24, 2.45) is 0 Å². The topological polar surface area (TPSA) is 77.2 Å². The molecule has 1 aromatic carbocycles. The zero-order valence-electron chi connectivity index (χ0n) is 10.8. The Morgan fingerprint density at radius 1 is 1.53 bits per heavy atom. The van der Waals surface area contributed by atoms with Crippen LogP contribution in [0, 0.1) is 0 Å². The summed E-state index contributed by atoms with van der Waals surface area (Å²) in [6, 6.07) is 7.12. The van der Waals surface area contributed by atoms with Gasteiger partial charge in [-0.2, -0.15) is 0 Å². The van der Waals surface area contributed by atoms with Crippen molar-refractivity contribution in [3.63, 3.8) is 0 Å². The quantitative estimate of drug-likeness (QED) is 0.892. The van der Waals surface area contributed by atoms with Gasteiger partial charge in [-0.1, -0.05) is 18.2 Å². The third-order valence-corrected chi connectivity index (χ3v) is 2.74. The molecule has 1 unspecified atom stereocenters. The Morgan fingerprint density at radius 3 is 3.00 bits per heavy atom. The molecule has 0 amide bonds. The van der Waals surface area contributed by atoms with Crippen LogP contribution in [0.4, 0.5) is 0 Å². The Labute approximate surface area is 110 Å². The monoisotopic (exact) mass is 261 g/mol. The van der Waals surface area contributed by atoms with Crippen LogP contribution in [-0.4, -0.2) is 32.2 Å². The standard InChI is InChI=1S/C13H15N3O3/c1-3-9(2)19-11-6-4-5-10(7-11)16-12(13(17)18)8-14-15-16/h4-9H,3H2,1-2H3,(H,17,18). The van der Waals surface area contributed by atoms with E-state index in [1.807, 2.05) is 19.9 Å². The number of hydrogen-bond acceptors (Lipinski definition) is 4. The number of carboxylic acid groups (broad SMARTS) is 1. The molecule has 1 N–H and O–H groups in total. The highest BCUT2D eigenvalue weighted by Crippen LogP contribution is 2.19. The molecule has 0 aliphatic heterocycles. The molecule has 1 heterocycles. The number of aromatic carboxylic acids is 1. The van der Waals surface area contributed by atoms with Gasteiger partial charge in [0.2, 0.25) is 0 Å². The molecule has 1 aromatic heterocycles. The van der Waals surface area contributed by atoms with Crippen LogP contribution in [0.2, 0.25) is 0 Å². The number of carbonyl (C=O) groups is 1. The summed E-state index contributed by atoms with van der Waals surface area (Å²) in [6.45, 7) is 4.01. The predicted octanol–water partition coefficient (Wildman–Crippen LogP) is 2.14. The van der Waals surface area contributed by atoms with Crippen molar-refractivity contribution in [3.05, 3.63) is 36.2 Å². The van der Waals surface area contributed by atoms with E-state index < -0.39 is 5.97 Å². The highest BCUT2D eigenvalue weighted by molar-refractivity contribution is 5.85. The van der Waals surface area contributed by atoms with E-state index in [0.29, 0.717) is 11.4 Å². The molecule has 0 aliphatic carbocycles. The van der Waals surface area contributed by atoms with Crippen LogP contribution in [0.1, 0.15) is 30.8 Å². The van der Waals surface area contributed by atoms with E-state index in [9.17, 15) is 4.79 Å². The second-order valence-corrected chi connectivity index (χ2v) is 4.17. The molecule has 2 rings (SSSR count). The van der Waals surface area contributed by atoms with Crippen LogP contribution in [0.5, 0.6) is 5.75 Å². The first kappa shape index (κ1) is 13.1. The minimum absolute atomic E-state index is 0.0145. The van der Waals surface area contributed by atoms with Gasteiger partial charge in [0.1, 0.15) is 5.75 Å². The Balaban J connectivity index is 2.32. The highest BCUT2D eigenvalue weighted by atomic mass is 16.5. The van der Waals surface area contributed by atoms with Gasteiger partial charge in [0.05, 0.1) is 18.0 Å². The maximum atomic E-state index is 11.0. The molecule has 0 spiro atoms. The minimum Gasteiger partial charge on any atom is -0.491 e. The van der Waals surface area contributed by atoms with Crippen molar-refractivity contribution in [2.75, 3.05) is 0 Å². The van der Waals surface area contributed by atoms with Gasteiger partial charge < -0.3 is 9.84 Å². The smallest absolute Gasteiger partial charge is 0.356 e. The lowest BCUT2D eigenvalue weighted by atomic mass is 10.2. The van der Waals surface area contributed by atoms with Gasteiger partial charge in [0, 0.05) is 6.07 Å². The Bertz CT molecular complexity index is 580. The summed E-state index contributed by atoms with van der Waals surface area (Å²) < 4.78 is 6.96. The van der Waals surface area contributed by atoms with E-state index in [2.05, 4.69) is 10.3 Å². The van der Waals surface area contributed by atoms with Crippen molar-refractivity contribution in [1.29, 1.82) is 0 Å². The summed E-state index contributed by atoms with van der Waals surface area (Å²) in [5.74, 6) is -0.392. The van der Waals surface area contributed by atoms with Crippen molar-refractivity contribution >= 4 is 5.97 Å². The maximum Gasteiger partial charge on any atom is 0.356 e. The Morgan fingerprint density at radius 2 is 2.32 bits per heavy atom.